The van der Waals surface area contributed by atoms with Gasteiger partial charge in [-0.1, -0.05) is 15.9 Å². The van der Waals surface area contributed by atoms with Crippen LogP contribution in [0.4, 0.5) is 0 Å². The highest BCUT2D eigenvalue weighted by molar-refractivity contribution is 9.09. The lowest BCUT2D eigenvalue weighted by molar-refractivity contribution is -0.127. The first-order chi connectivity index (χ1) is 5.07. The van der Waals surface area contributed by atoms with Crippen LogP contribution in [0.3, 0.4) is 0 Å². The third kappa shape index (κ3) is 5.21. The molecule has 0 bridgehead atoms. The van der Waals surface area contributed by atoms with E-state index in [1.165, 1.54) is 0 Å². The summed E-state index contributed by atoms with van der Waals surface area (Å²) in [5, 5.41) is 9.26. The Morgan fingerprint density at radius 3 is 2.64 bits per heavy atom. The Hall–Kier alpha value is -0.0900. The number of rotatable bonds is 4. The van der Waals surface area contributed by atoms with Gasteiger partial charge in [0.05, 0.1) is 11.4 Å². The normalized spacial score (nSPS) is 12.7. The monoisotopic (exact) mass is 223 g/mol. The summed E-state index contributed by atoms with van der Waals surface area (Å²) in [6.45, 7) is 2.33. The van der Waals surface area contributed by atoms with Gasteiger partial charge in [-0.05, 0) is 13.3 Å². The van der Waals surface area contributed by atoms with E-state index in [1.54, 1.807) is 18.9 Å². The van der Waals surface area contributed by atoms with E-state index in [1.807, 2.05) is 0 Å². The Morgan fingerprint density at radius 1 is 1.73 bits per heavy atom. The summed E-state index contributed by atoms with van der Waals surface area (Å²) in [5.74, 6) is 0.0469. The maximum Gasteiger partial charge on any atom is 0.232 e. The van der Waals surface area contributed by atoms with Gasteiger partial charge in [0.2, 0.25) is 5.91 Å². The smallest absolute Gasteiger partial charge is 0.232 e. The summed E-state index contributed by atoms with van der Waals surface area (Å²) in [5.41, 5.74) is 0. The molecular weight excluding hydrogens is 210 g/mol. The zero-order valence-corrected chi connectivity index (χ0v) is 8.47. The molecule has 0 rings (SSSR count). The largest absolute Gasteiger partial charge is 0.393 e. The van der Waals surface area contributed by atoms with Crippen molar-refractivity contribution in [1.29, 1.82) is 0 Å². The van der Waals surface area contributed by atoms with Gasteiger partial charge in [-0.15, -0.1) is 0 Å². The van der Waals surface area contributed by atoms with Gasteiger partial charge in [0.1, 0.15) is 0 Å². The zero-order valence-electron chi connectivity index (χ0n) is 6.88. The van der Waals surface area contributed by atoms with E-state index in [2.05, 4.69) is 15.9 Å². The fourth-order valence-corrected chi connectivity index (χ4v) is 1.04. The third-order valence-corrected chi connectivity index (χ3v) is 1.90. The molecule has 0 aliphatic carbocycles. The Kier molecular flexibility index (Phi) is 5.50. The number of carbonyl (C=O) groups excluding carboxylic acids is 1. The molecule has 0 saturated heterocycles. The molecule has 0 aromatic rings. The summed E-state index contributed by atoms with van der Waals surface area (Å²) in [6.07, 6.45) is 0.301. The number of hydrogen-bond donors (Lipinski definition) is 1. The van der Waals surface area contributed by atoms with E-state index in [-0.39, 0.29) is 12.0 Å². The lowest BCUT2D eigenvalue weighted by Gasteiger charge is -2.16. The highest BCUT2D eigenvalue weighted by Gasteiger charge is 2.06. The predicted octanol–water partition coefficient (Wildman–Crippen LogP) is 0.611. The third-order valence-electron chi connectivity index (χ3n) is 1.42. The SMILES string of the molecule is CC(O)CCN(C)C(=O)CBr. The average molecular weight is 224 g/mol. The van der Waals surface area contributed by atoms with Crippen LogP contribution in [-0.4, -0.2) is 40.9 Å². The summed E-state index contributed by atoms with van der Waals surface area (Å²) in [7, 11) is 1.73. The van der Waals surface area contributed by atoms with Crippen molar-refractivity contribution in [3.63, 3.8) is 0 Å². The van der Waals surface area contributed by atoms with E-state index in [0.29, 0.717) is 18.3 Å². The molecule has 0 heterocycles. The first kappa shape index (κ1) is 10.9. The van der Waals surface area contributed by atoms with Gasteiger partial charge in [-0.3, -0.25) is 4.79 Å². The lowest BCUT2D eigenvalue weighted by atomic mass is 10.3. The molecule has 0 aliphatic heterocycles. The van der Waals surface area contributed by atoms with Crippen LogP contribution in [0.25, 0.3) is 0 Å². The Labute approximate surface area is 75.5 Å². The summed E-state index contributed by atoms with van der Waals surface area (Å²) in [4.78, 5) is 12.5. The van der Waals surface area contributed by atoms with Crippen LogP contribution in [0.5, 0.6) is 0 Å². The van der Waals surface area contributed by atoms with Crippen molar-refractivity contribution in [2.24, 2.45) is 0 Å². The zero-order chi connectivity index (χ0) is 8.85. The first-order valence-corrected chi connectivity index (χ1v) is 4.68. The van der Waals surface area contributed by atoms with Crippen LogP contribution in [-0.2, 0) is 4.79 Å². The van der Waals surface area contributed by atoms with Crippen LogP contribution in [0.1, 0.15) is 13.3 Å². The molecule has 0 aromatic heterocycles. The Bertz CT molecular complexity index is 128. The minimum atomic E-state index is -0.333. The van der Waals surface area contributed by atoms with Crippen LogP contribution < -0.4 is 0 Å². The molecule has 3 nitrogen and oxygen atoms in total. The minimum Gasteiger partial charge on any atom is -0.393 e. The molecule has 66 valence electrons. The van der Waals surface area contributed by atoms with Gasteiger partial charge in [0.15, 0.2) is 0 Å². The van der Waals surface area contributed by atoms with Gasteiger partial charge in [-0.2, -0.15) is 0 Å². The molecule has 0 aromatic carbocycles. The fraction of sp³-hybridized carbons (Fsp3) is 0.857. The number of amides is 1. The standard InChI is InChI=1S/C7H14BrNO2/c1-6(10)3-4-9(2)7(11)5-8/h6,10H,3-5H2,1-2H3. The Balaban J connectivity index is 3.52. The van der Waals surface area contributed by atoms with E-state index < -0.39 is 0 Å². The molecule has 1 N–H and O–H groups in total. The maximum absolute atomic E-state index is 10.9. The summed E-state index contributed by atoms with van der Waals surface area (Å²) in [6, 6.07) is 0. The number of halogens is 1. The van der Waals surface area contributed by atoms with Gasteiger partial charge >= 0.3 is 0 Å². The Morgan fingerprint density at radius 2 is 2.27 bits per heavy atom. The van der Waals surface area contributed by atoms with Crippen molar-refractivity contribution in [3.8, 4) is 0 Å². The molecule has 4 heteroatoms. The number of hydrogen-bond acceptors (Lipinski definition) is 2. The average Bonchev–Trinajstić information content (AvgIpc) is 1.98. The maximum atomic E-state index is 10.9. The molecule has 0 radical (unpaired) electrons. The molecule has 0 fully saturated rings. The van der Waals surface area contributed by atoms with Crippen molar-refractivity contribution < 1.29 is 9.90 Å². The summed E-state index contributed by atoms with van der Waals surface area (Å²) < 4.78 is 0. The number of aliphatic hydroxyl groups is 1. The topological polar surface area (TPSA) is 40.5 Å². The highest BCUT2D eigenvalue weighted by atomic mass is 79.9. The molecule has 1 amide bonds. The second-order valence-electron chi connectivity index (χ2n) is 2.59. The lowest BCUT2D eigenvalue weighted by Crippen LogP contribution is -2.30. The van der Waals surface area contributed by atoms with Crippen LogP contribution in [0.15, 0.2) is 0 Å². The van der Waals surface area contributed by atoms with Crippen molar-refractivity contribution in [3.05, 3.63) is 0 Å². The molecular formula is C7H14BrNO2. The van der Waals surface area contributed by atoms with E-state index in [9.17, 15) is 4.79 Å². The molecule has 0 aliphatic rings. The van der Waals surface area contributed by atoms with E-state index in [0.717, 1.165) is 0 Å². The molecule has 1 atom stereocenters. The highest BCUT2D eigenvalue weighted by Crippen LogP contribution is 1.95. The van der Waals surface area contributed by atoms with Crippen molar-refractivity contribution in [2.45, 2.75) is 19.4 Å². The van der Waals surface area contributed by atoms with Crippen molar-refractivity contribution >= 4 is 21.8 Å². The fourth-order valence-electron chi connectivity index (χ4n) is 0.607. The summed E-state index contributed by atoms with van der Waals surface area (Å²) >= 11 is 3.07. The van der Waals surface area contributed by atoms with Crippen molar-refractivity contribution in [2.75, 3.05) is 18.9 Å². The molecule has 1 unspecified atom stereocenters. The predicted molar refractivity (Wildman–Crippen MR) is 47.7 cm³/mol. The van der Waals surface area contributed by atoms with Gasteiger partial charge < -0.3 is 10.0 Å². The van der Waals surface area contributed by atoms with Gasteiger partial charge in [-0.25, -0.2) is 0 Å². The van der Waals surface area contributed by atoms with E-state index in [4.69, 9.17) is 5.11 Å². The molecule has 0 spiro atoms. The number of alkyl halides is 1. The van der Waals surface area contributed by atoms with Gasteiger partial charge in [0, 0.05) is 13.6 Å². The van der Waals surface area contributed by atoms with Gasteiger partial charge in [0.25, 0.3) is 0 Å². The van der Waals surface area contributed by atoms with Crippen LogP contribution >= 0.6 is 15.9 Å². The second-order valence-corrected chi connectivity index (χ2v) is 3.15. The number of nitrogens with zero attached hydrogens (tertiary/aromatic N) is 1. The molecule has 11 heavy (non-hydrogen) atoms. The second kappa shape index (κ2) is 5.55. The van der Waals surface area contributed by atoms with Crippen molar-refractivity contribution in [1.82, 2.24) is 4.90 Å². The van der Waals surface area contributed by atoms with E-state index >= 15 is 0 Å². The number of aliphatic hydroxyl groups excluding tert-OH is 1. The first-order valence-electron chi connectivity index (χ1n) is 3.56. The number of carbonyl (C=O) groups is 1. The molecule has 0 saturated carbocycles. The van der Waals surface area contributed by atoms with Crippen LogP contribution in [0.2, 0.25) is 0 Å². The van der Waals surface area contributed by atoms with Crippen LogP contribution in [0, 0.1) is 0 Å². The minimum absolute atomic E-state index is 0.0469. The quantitative estimate of drug-likeness (QED) is 0.711.